The van der Waals surface area contributed by atoms with E-state index in [1.807, 2.05) is 0 Å². The van der Waals surface area contributed by atoms with E-state index in [2.05, 4.69) is 5.32 Å². The van der Waals surface area contributed by atoms with Gasteiger partial charge in [-0.1, -0.05) is 6.07 Å². The summed E-state index contributed by atoms with van der Waals surface area (Å²) < 4.78 is 5.02. The van der Waals surface area contributed by atoms with Crippen LogP contribution in [0.25, 0.3) is 0 Å². The van der Waals surface area contributed by atoms with E-state index in [0.717, 1.165) is 25.9 Å². The van der Waals surface area contributed by atoms with Crippen molar-refractivity contribution in [2.45, 2.75) is 19.8 Å². The third-order valence-electron chi connectivity index (χ3n) is 3.20. The highest BCUT2D eigenvalue weighted by molar-refractivity contribution is 5.94. The maximum Gasteiger partial charge on any atom is 0.338 e. The minimum atomic E-state index is -0.574. The van der Waals surface area contributed by atoms with E-state index in [0.29, 0.717) is 11.3 Å². The Morgan fingerprint density at radius 2 is 1.95 bits per heavy atom. The zero-order valence-corrected chi connectivity index (χ0v) is 11.9. The van der Waals surface area contributed by atoms with E-state index in [9.17, 15) is 14.4 Å². The van der Waals surface area contributed by atoms with Crippen LogP contribution < -0.4 is 5.32 Å². The van der Waals surface area contributed by atoms with Gasteiger partial charge in [-0.05, 0) is 31.0 Å². The Morgan fingerprint density at radius 1 is 1.24 bits per heavy atom. The van der Waals surface area contributed by atoms with Crippen molar-refractivity contribution in [1.82, 2.24) is 4.90 Å². The van der Waals surface area contributed by atoms with Crippen LogP contribution in [0.1, 0.15) is 30.1 Å². The second-order valence-electron chi connectivity index (χ2n) is 4.93. The fourth-order valence-corrected chi connectivity index (χ4v) is 2.20. The average molecular weight is 290 g/mol. The molecule has 0 spiro atoms. The van der Waals surface area contributed by atoms with Gasteiger partial charge in [0, 0.05) is 25.7 Å². The average Bonchev–Trinajstić information content (AvgIpc) is 2.98. The molecule has 1 fully saturated rings. The van der Waals surface area contributed by atoms with Crippen molar-refractivity contribution in [2.24, 2.45) is 0 Å². The summed E-state index contributed by atoms with van der Waals surface area (Å²) in [7, 11) is 0. The van der Waals surface area contributed by atoms with Crippen LogP contribution in [-0.4, -0.2) is 42.4 Å². The van der Waals surface area contributed by atoms with Gasteiger partial charge in [-0.3, -0.25) is 9.59 Å². The van der Waals surface area contributed by atoms with Gasteiger partial charge >= 0.3 is 5.97 Å². The van der Waals surface area contributed by atoms with Crippen molar-refractivity contribution in [2.75, 3.05) is 25.0 Å². The van der Waals surface area contributed by atoms with Gasteiger partial charge in [0.15, 0.2) is 6.61 Å². The summed E-state index contributed by atoms with van der Waals surface area (Å²) in [5, 5.41) is 2.59. The van der Waals surface area contributed by atoms with Crippen LogP contribution in [0.4, 0.5) is 5.69 Å². The van der Waals surface area contributed by atoms with Gasteiger partial charge in [0.25, 0.3) is 5.91 Å². The molecular weight excluding hydrogens is 272 g/mol. The standard InChI is InChI=1S/C15H18N2O4/c1-11(18)16-13-6-4-5-12(9-13)15(20)21-10-14(19)17-7-2-3-8-17/h4-6,9H,2-3,7-8,10H2,1H3,(H,16,18). The summed E-state index contributed by atoms with van der Waals surface area (Å²) in [6.45, 7) is 2.60. The van der Waals surface area contributed by atoms with Crippen LogP contribution in [0.5, 0.6) is 0 Å². The molecule has 1 aromatic rings. The summed E-state index contributed by atoms with van der Waals surface area (Å²) >= 11 is 0. The zero-order valence-electron chi connectivity index (χ0n) is 11.9. The quantitative estimate of drug-likeness (QED) is 0.851. The molecule has 1 aliphatic heterocycles. The van der Waals surface area contributed by atoms with Crippen molar-refractivity contribution in [3.8, 4) is 0 Å². The van der Waals surface area contributed by atoms with Crippen LogP contribution in [0.3, 0.4) is 0 Å². The highest BCUT2D eigenvalue weighted by Gasteiger charge is 2.19. The molecule has 0 unspecified atom stereocenters. The predicted octanol–water partition coefficient (Wildman–Crippen LogP) is 1.42. The van der Waals surface area contributed by atoms with Crippen LogP contribution in [-0.2, 0) is 14.3 Å². The number of rotatable bonds is 4. The number of carbonyl (C=O) groups is 3. The zero-order chi connectivity index (χ0) is 15.2. The van der Waals surface area contributed by atoms with Crippen molar-refractivity contribution in [3.63, 3.8) is 0 Å². The Labute approximate surface area is 123 Å². The summed E-state index contributed by atoms with van der Waals surface area (Å²) in [6.07, 6.45) is 2.00. The van der Waals surface area contributed by atoms with E-state index in [-0.39, 0.29) is 18.4 Å². The number of carbonyl (C=O) groups excluding carboxylic acids is 3. The van der Waals surface area contributed by atoms with Gasteiger partial charge in [-0.25, -0.2) is 4.79 Å². The molecule has 1 heterocycles. The minimum absolute atomic E-state index is 0.168. The number of amides is 2. The number of nitrogens with zero attached hydrogens (tertiary/aromatic N) is 1. The fraction of sp³-hybridized carbons (Fsp3) is 0.400. The molecule has 2 rings (SSSR count). The first-order chi connectivity index (χ1) is 10.1. The molecule has 1 aliphatic rings. The first-order valence-corrected chi connectivity index (χ1v) is 6.89. The summed E-state index contributed by atoms with van der Waals surface area (Å²) in [4.78, 5) is 36.4. The summed E-state index contributed by atoms with van der Waals surface area (Å²) in [6, 6.07) is 6.41. The number of hydrogen-bond donors (Lipinski definition) is 1. The smallest absolute Gasteiger partial charge is 0.338 e. The molecule has 1 saturated heterocycles. The van der Waals surface area contributed by atoms with Crippen LogP contribution >= 0.6 is 0 Å². The second kappa shape index (κ2) is 6.88. The summed E-state index contributed by atoms with van der Waals surface area (Å²) in [5.41, 5.74) is 0.818. The van der Waals surface area contributed by atoms with Gasteiger partial charge in [-0.2, -0.15) is 0 Å². The Morgan fingerprint density at radius 3 is 2.62 bits per heavy atom. The lowest BCUT2D eigenvalue weighted by Gasteiger charge is -2.15. The monoisotopic (exact) mass is 290 g/mol. The van der Waals surface area contributed by atoms with Gasteiger partial charge < -0.3 is 15.0 Å². The van der Waals surface area contributed by atoms with Crippen LogP contribution in [0.15, 0.2) is 24.3 Å². The molecule has 0 radical (unpaired) electrons. The predicted molar refractivity (Wildman–Crippen MR) is 76.8 cm³/mol. The molecule has 21 heavy (non-hydrogen) atoms. The number of benzene rings is 1. The van der Waals surface area contributed by atoms with E-state index in [1.54, 1.807) is 23.1 Å². The maximum absolute atomic E-state index is 11.9. The van der Waals surface area contributed by atoms with Gasteiger partial charge in [0.2, 0.25) is 5.91 Å². The lowest BCUT2D eigenvalue weighted by molar-refractivity contribution is -0.133. The van der Waals surface area contributed by atoms with E-state index in [4.69, 9.17) is 4.74 Å². The molecule has 0 atom stereocenters. The van der Waals surface area contributed by atoms with E-state index < -0.39 is 5.97 Å². The van der Waals surface area contributed by atoms with Crippen LogP contribution in [0.2, 0.25) is 0 Å². The topological polar surface area (TPSA) is 75.7 Å². The number of anilines is 1. The highest BCUT2D eigenvalue weighted by atomic mass is 16.5. The molecule has 0 aromatic heterocycles. The second-order valence-corrected chi connectivity index (χ2v) is 4.93. The normalized spacial score (nSPS) is 13.9. The lowest BCUT2D eigenvalue weighted by Crippen LogP contribution is -2.32. The van der Waals surface area contributed by atoms with E-state index >= 15 is 0 Å². The van der Waals surface area contributed by atoms with Gasteiger partial charge in [0.05, 0.1) is 5.56 Å². The van der Waals surface area contributed by atoms with Crippen molar-refractivity contribution < 1.29 is 19.1 Å². The SMILES string of the molecule is CC(=O)Nc1cccc(C(=O)OCC(=O)N2CCCC2)c1. The minimum Gasteiger partial charge on any atom is -0.452 e. The van der Waals surface area contributed by atoms with Gasteiger partial charge in [-0.15, -0.1) is 0 Å². The molecule has 2 amide bonds. The maximum atomic E-state index is 11.9. The Hall–Kier alpha value is -2.37. The number of ether oxygens (including phenoxy) is 1. The third kappa shape index (κ3) is 4.30. The van der Waals surface area contributed by atoms with Crippen LogP contribution in [0, 0.1) is 0 Å². The molecule has 1 N–H and O–H groups in total. The first kappa shape index (κ1) is 15.0. The molecule has 112 valence electrons. The molecule has 6 nitrogen and oxygen atoms in total. The molecule has 0 saturated carbocycles. The molecular formula is C15H18N2O4. The van der Waals surface area contributed by atoms with E-state index in [1.165, 1.54) is 13.0 Å². The van der Waals surface area contributed by atoms with Crippen molar-refractivity contribution in [3.05, 3.63) is 29.8 Å². The fourth-order valence-electron chi connectivity index (χ4n) is 2.20. The number of nitrogens with one attached hydrogen (secondary N) is 1. The van der Waals surface area contributed by atoms with Gasteiger partial charge in [0.1, 0.15) is 0 Å². The largest absolute Gasteiger partial charge is 0.452 e. The molecule has 0 aliphatic carbocycles. The lowest BCUT2D eigenvalue weighted by atomic mass is 10.2. The van der Waals surface area contributed by atoms with Crippen molar-refractivity contribution >= 4 is 23.5 Å². The number of likely N-dealkylation sites (tertiary alicyclic amines) is 1. The summed E-state index contributed by atoms with van der Waals surface area (Å²) in [5.74, 6) is -0.960. The highest BCUT2D eigenvalue weighted by Crippen LogP contribution is 2.12. The molecule has 1 aromatic carbocycles. The number of esters is 1. The third-order valence-corrected chi connectivity index (χ3v) is 3.20. The Kier molecular flexibility index (Phi) is 4.92. The first-order valence-electron chi connectivity index (χ1n) is 6.89. The Balaban J connectivity index is 1.90. The Bertz CT molecular complexity index is 550. The molecule has 6 heteroatoms. The van der Waals surface area contributed by atoms with Crippen molar-refractivity contribution in [1.29, 1.82) is 0 Å². The molecule has 0 bridgehead atoms. The number of hydrogen-bond acceptors (Lipinski definition) is 4.